The molecule has 2 rings (SSSR count). The van der Waals surface area contributed by atoms with E-state index in [2.05, 4.69) is 10.4 Å². The van der Waals surface area contributed by atoms with Gasteiger partial charge in [0.2, 0.25) is 0 Å². The SMILES string of the molecule is CCCNC(=O)c1nn(-c2ccccc2)c(=O)cc1OC. The number of amides is 1. The van der Waals surface area contributed by atoms with Gasteiger partial charge in [-0.3, -0.25) is 9.59 Å². The van der Waals surface area contributed by atoms with E-state index >= 15 is 0 Å². The van der Waals surface area contributed by atoms with Crippen LogP contribution in [-0.4, -0.2) is 29.3 Å². The molecule has 0 atom stereocenters. The molecular formula is C15H17N3O3. The molecule has 0 radical (unpaired) electrons. The molecule has 0 bridgehead atoms. The standard InChI is InChI=1S/C15H17N3O3/c1-3-9-16-15(20)14-12(21-2)10-13(19)18(17-14)11-7-5-4-6-8-11/h4-8,10H,3,9H2,1-2H3,(H,16,20). The van der Waals surface area contributed by atoms with Gasteiger partial charge >= 0.3 is 0 Å². The summed E-state index contributed by atoms with van der Waals surface area (Å²) in [5.74, 6) is -0.195. The van der Waals surface area contributed by atoms with Crippen LogP contribution in [0.25, 0.3) is 5.69 Å². The zero-order valence-corrected chi connectivity index (χ0v) is 12.0. The van der Waals surface area contributed by atoms with Gasteiger partial charge in [-0.05, 0) is 18.6 Å². The van der Waals surface area contributed by atoms with Gasteiger partial charge in [-0.2, -0.15) is 9.78 Å². The zero-order valence-electron chi connectivity index (χ0n) is 12.0. The molecule has 2 aromatic rings. The normalized spacial score (nSPS) is 10.2. The quantitative estimate of drug-likeness (QED) is 0.901. The van der Waals surface area contributed by atoms with E-state index in [1.165, 1.54) is 17.9 Å². The first kappa shape index (κ1) is 14.8. The number of carbonyl (C=O) groups excluding carboxylic acids is 1. The van der Waals surface area contributed by atoms with E-state index < -0.39 is 0 Å². The molecule has 1 aromatic heterocycles. The number of nitrogens with one attached hydrogen (secondary N) is 1. The Balaban J connectivity index is 2.49. The van der Waals surface area contributed by atoms with Crippen molar-refractivity contribution in [1.29, 1.82) is 0 Å². The van der Waals surface area contributed by atoms with E-state index in [9.17, 15) is 9.59 Å². The molecule has 110 valence electrons. The summed E-state index contributed by atoms with van der Waals surface area (Å²) in [6.07, 6.45) is 0.812. The average Bonchev–Trinajstić information content (AvgIpc) is 2.53. The fourth-order valence-electron chi connectivity index (χ4n) is 1.83. The second kappa shape index (κ2) is 6.69. The Bertz CT molecular complexity index is 680. The smallest absolute Gasteiger partial charge is 0.275 e. The third-order valence-corrected chi connectivity index (χ3v) is 2.87. The Hall–Kier alpha value is -2.63. The summed E-state index contributed by atoms with van der Waals surface area (Å²) in [7, 11) is 1.40. The Kier molecular flexibility index (Phi) is 4.71. The highest BCUT2D eigenvalue weighted by molar-refractivity contribution is 5.94. The van der Waals surface area contributed by atoms with Crippen LogP contribution in [0.3, 0.4) is 0 Å². The minimum absolute atomic E-state index is 0.0920. The number of para-hydroxylation sites is 1. The number of carbonyl (C=O) groups is 1. The van der Waals surface area contributed by atoms with E-state index in [-0.39, 0.29) is 22.9 Å². The lowest BCUT2D eigenvalue weighted by molar-refractivity contribution is 0.0943. The number of hydrogen-bond acceptors (Lipinski definition) is 4. The van der Waals surface area contributed by atoms with Crippen LogP contribution < -0.4 is 15.6 Å². The first-order valence-corrected chi connectivity index (χ1v) is 6.69. The minimum atomic E-state index is -0.363. The zero-order chi connectivity index (χ0) is 15.2. The lowest BCUT2D eigenvalue weighted by Gasteiger charge is -2.11. The Morgan fingerprint density at radius 2 is 2.05 bits per heavy atom. The van der Waals surface area contributed by atoms with Crippen molar-refractivity contribution in [2.24, 2.45) is 0 Å². The average molecular weight is 287 g/mol. The van der Waals surface area contributed by atoms with Gasteiger partial charge in [-0.25, -0.2) is 0 Å². The van der Waals surface area contributed by atoms with Crippen LogP contribution in [0.1, 0.15) is 23.8 Å². The topological polar surface area (TPSA) is 73.2 Å². The number of nitrogens with zero attached hydrogens (tertiary/aromatic N) is 2. The summed E-state index contributed by atoms with van der Waals surface area (Å²) in [4.78, 5) is 24.2. The van der Waals surface area contributed by atoms with Gasteiger partial charge in [0.25, 0.3) is 11.5 Å². The predicted molar refractivity (Wildman–Crippen MR) is 79.0 cm³/mol. The van der Waals surface area contributed by atoms with Crippen molar-refractivity contribution in [3.8, 4) is 11.4 Å². The summed E-state index contributed by atoms with van der Waals surface area (Å²) < 4.78 is 6.27. The highest BCUT2D eigenvalue weighted by Crippen LogP contribution is 2.14. The molecule has 0 spiro atoms. The van der Waals surface area contributed by atoms with Gasteiger partial charge in [0, 0.05) is 6.54 Å². The first-order chi connectivity index (χ1) is 10.2. The number of rotatable bonds is 5. The molecule has 6 heteroatoms. The summed E-state index contributed by atoms with van der Waals surface area (Å²) in [5, 5.41) is 6.86. The van der Waals surface area contributed by atoms with E-state index in [4.69, 9.17) is 4.74 Å². The fourth-order valence-corrected chi connectivity index (χ4v) is 1.83. The molecule has 0 unspecified atom stereocenters. The minimum Gasteiger partial charge on any atom is -0.494 e. The summed E-state index contributed by atoms with van der Waals surface area (Å²) in [6.45, 7) is 2.49. The molecule has 1 N–H and O–H groups in total. The fraction of sp³-hybridized carbons (Fsp3) is 0.267. The molecule has 0 saturated heterocycles. The molecule has 0 fully saturated rings. The molecule has 0 saturated carbocycles. The van der Waals surface area contributed by atoms with Gasteiger partial charge < -0.3 is 10.1 Å². The van der Waals surface area contributed by atoms with E-state index in [1.807, 2.05) is 13.0 Å². The first-order valence-electron chi connectivity index (χ1n) is 6.69. The summed E-state index contributed by atoms with van der Waals surface area (Å²) in [5.41, 5.74) is 0.328. The van der Waals surface area contributed by atoms with Crippen molar-refractivity contribution in [2.45, 2.75) is 13.3 Å². The molecule has 0 aliphatic rings. The van der Waals surface area contributed by atoms with Gasteiger partial charge in [0.15, 0.2) is 11.4 Å². The number of methoxy groups -OCH3 is 1. The van der Waals surface area contributed by atoms with Crippen LogP contribution >= 0.6 is 0 Å². The van der Waals surface area contributed by atoms with Crippen LogP contribution in [0, 0.1) is 0 Å². The van der Waals surface area contributed by atoms with Crippen molar-refractivity contribution in [3.63, 3.8) is 0 Å². The highest BCUT2D eigenvalue weighted by Gasteiger charge is 2.17. The lowest BCUT2D eigenvalue weighted by Crippen LogP contribution is -2.30. The Morgan fingerprint density at radius 1 is 1.33 bits per heavy atom. The predicted octanol–water partition coefficient (Wildman–Crippen LogP) is 1.38. The maximum absolute atomic E-state index is 12.1. The van der Waals surface area contributed by atoms with Crippen molar-refractivity contribution in [3.05, 3.63) is 52.4 Å². The second-order valence-corrected chi connectivity index (χ2v) is 4.40. The maximum atomic E-state index is 12.1. The maximum Gasteiger partial charge on any atom is 0.275 e. The largest absolute Gasteiger partial charge is 0.494 e. The van der Waals surface area contributed by atoms with E-state index in [1.54, 1.807) is 24.3 Å². The van der Waals surface area contributed by atoms with Crippen LogP contribution in [0.5, 0.6) is 5.75 Å². The van der Waals surface area contributed by atoms with Crippen molar-refractivity contribution < 1.29 is 9.53 Å². The molecule has 21 heavy (non-hydrogen) atoms. The number of hydrogen-bond donors (Lipinski definition) is 1. The lowest BCUT2D eigenvalue weighted by atomic mass is 10.3. The third kappa shape index (κ3) is 3.28. The van der Waals surface area contributed by atoms with Crippen LogP contribution in [-0.2, 0) is 0 Å². The van der Waals surface area contributed by atoms with Crippen molar-refractivity contribution in [1.82, 2.24) is 15.1 Å². The molecule has 1 amide bonds. The van der Waals surface area contributed by atoms with Gasteiger partial charge in [0.05, 0.1) is 18.9 Å². The second-order valence-electron chi connectivity index (χ2n) is 4.40. The van der Waals surface area contributed by atoms with Crippen LogP contribution in [0.15, 0.2) is 41.2 Å². The molecular weight excluding hydrogens is 270 g/mol. The molecule has 6 nitrogen and oxygen atoms in total. The van der Waals surface area contributed by atoms with Crippen molar-refractivity contribution >= 4 is 5.91 Å². The number of benzene rings is 1. The third-order valence-electron chi connectivity index (χ3n) is 2.87. The molecule has 0 aliphatic heterocycles. The van der Waals surface area contributed by atoms with Crippen LogP contribution in [0.4, 0.5) is 0 Å². The summed E-state index contributed by atoms with van der Waals surface area (Å²) in [6, 6.07) is 10.2. The van der Waals surface area contributed by atoms with Gasteiger partial charge in [-0.15, -0.1) is 0 Å². The number of aromatic nitrogens is 2. The van der Waals surface area contributed by atoms with Gasteiger partial charge in [0.1, 0.15) is 0 Å². The monoisotopic (exact) mass is 287 g/mol. The van der Waals surface area contributed by atoms with E-state index in [0.29, 0.717) is 12.2 Å². The molecule has 0 aliphatic carbocycles. The Morgan fingerprint density at radius 3 is 2.67 bits per heavy atom. The highest BCUT2D eigenvalue weighted by atomic mass is 16.5. The summed E-state index contributed by atoms with van der Waals surface area (Å²) >= 11 is 0. The van der Waals surface area contributed by atoms with E-state index in [0.717, 1.165) is 6.42 Å². The van der Waals surface area contributed by atoms with Crippen molar-refractivity contribution in [2.75, 3.05) is 13.7 Å². The Labute approximate surface area is 122 Å². The van der Waals surface area contributed by atoms with Crippen LogP contribution in [0.2, 0.25) is 0 Å². The molecule has 1 heterocycles. The molecule has 1 aromatic carbocycles. The van der Waals surface area contributed by atoms with Gasteiger partial charge in [-0.1, -0.05) is 25.1 Å². The number of ether oxygens (including phenoxy) is 1.